The second-order valence-electron chi connectivity index (χ2n) is 11.0. The third kappa shape index (κ3) is 8.30. The van der Waals surface area contributed by atoms with Crippen LogP contribution in [0.1, 0.15) is 58.6 Å². The number of halogens is 2. The molecule has 1 aliphatic heterocycles. The average Bonchev–Trinajstić information content (AvgIpc) is 3.04. The van der Waals surface area contributed by atoms with Gasteiger partial charge in [0.15, 0.2) is 0 Å². The minimum absolute atomic E-state index is 0. The van der Waals surface area contributed by atoms with Crippen molar-refractivity contribution in [3.05, 3.63) is 76.3 Å². The normalized spacial score (nSPS) is 16.7. The summed E-state index contributed by atoms with van der Waals surface area (Å²) >= 11 is 6.04. The van der Waals surface area contributed by atoms with E-state index in [1.54, 1.807) is 56.9 Å². The Labute approximate surface area is 249 Å². The number of nitrogens with two attached hydrogens (primary N) is 1. The topological polar surface area (TPSA) is 122 Å². The van der Waals surface area contributed by atoms with E-state index >= 15 is 0 Å². The first-order chi connectivity index (χ1) is 18.2. The molecule has 0 aliphatic carbocycles. The molecule has 11 heteroatoms. The largest absolute Gasteiger partial charge is 0.343 e. The smallest absolute Gasteiger partial charge is 0.245 e. The van der Waals surface area contributed by atoms with E-state index in [0.717, 1.165) is 12.0 Å². The Balaban J connectivity index is 0.00000560. The van der Waals surface area contributed by atoms with Crippen molar-refractivity contribution in [3.8, 4) is 0 Å². The minimum Gasteiger partial charge on any atom is -0.343 e. The van der Waals surface area contributed by atoms with Crippen LogP contribution in [0.25, 0.3) is 4.91 Å². The van der Waals surface area contributed by atoms with Crippen LogP contribution in [-0.2, 0) is 26.0 Å². The van der Waals surface area contributed by atoms with Crippen molar-refractivity contribution in [3.63, 3.8) is 0 Å². The fraction of sp³-hybridized carbons (Fsp3) is 0.448. The van der Waals surface area contributed by atoms with E-state index in [1.807, 2.05) is 37.3 Å². The number of sulfonamides is 1. The van der Waals surface area contributed by atoms with E-state index in [1.165, 1.54) is 0 Å². The monoisotopic (exact) mass is 610 g/mol. The quantitative estimate of drug-likeness (QED) is 0.350. The maximum absolute atomic E-state index is 13.9. The van der Waals surface area contributed by atoms with Crippen molar-refractivity contribution in [1.82, 2.24) is 14.9 Å². The molecule has 8 nitrogen and oxygen atoms in total. The highest BCUT2D eigenvalue weighted by molar-refractivity contribution is 7.99. The third-order valence-corrected chi connectivity index (χ3v) is 8.88. The van der Waals surface area contributed by atoms with Gasteiger partial charge in [-0.05, 0) is 82.7 Å². The van der Waals surface area contributed by atoms with Crippen molar-refractivity contribution in [2.24, 2.45) is 5.73 Å². The molecule has 2 aromatic carbocycles. The van der Waals surface area contributed by atoms with E-state index in [2.05, 4.69) is 10.0 Å². The number of aryl methyl sites for hydroxylation is 1. The lowest BCUT2D eigenvalue weighted by Gasteiger charge is -2.32. The van der Waals surface area contributed by atoms with E-state index in [-0.39, 0.29) is 29.8 Å². The molecule has 0 fully saturated rings. The molecular formula is C29H40Cl2N4O4S. The van der Waals surface area contributed by atoms with Gasteiger partial charge in [-0.2, -0.15) is 0 Å². The molecule has 220 valence electrons. The Morgan fingerprint density at radius 3 is 2.25 bits per heavy atom. The molecule has 2 amide bonds. The maximum Gasteiger partial charge on any atom is 0.245 e. The van der Waals surface area contributed by atoms with Gasteiger partial charge in [-0.25, -0.2) is 13.1 Å². The molecular weight excluding hydrogens is 571 g/mol. The highest BCUT2D eigenvalue weighted by atomic mass is 35.5. The molecule has 0 spiro atoms. The lowest BCUT2D eigenvalue weighted by atomic mass is 9.92. The number of nitrogens with zero attached hydrogens (tertiary/aromatic N) is 1. The average molecular weight is 612 g/mol. The first kappa shape index (κ1) is 33.8. The summed E-state index contributed by atoms with van der Waals surface area (Å²) in [7, 11) is -3.83. The van der Waals surface area contributed by atoms with Crippen LogP contribution < -0.4 is 15.8 Å². The van der Waals surface area contributed by atoms with Crippen LogP contribution >= 0.6 is 24.0 Å². The Morgan fingerprint density at radius 2 is 1.70 bits per heavy atom. The number of likely N-dealkylation sites (N-methyl/N-ethyl adjacent to an activating group) is 1. The van der Waals surface area contributed by atoms with Gasteiger partial charge in [0.05, 0.1) is 16.0 Å². The molecule has 0 radical (unpaired) electrons. The van der Waals surface area contributed by atoms with Crippen molar-refractivity contribution in [2.75, 3.05) is 13.1 Å². The summed E-state index contributed by atoms with van der Waals surface area (Å²) in [5, 5.41) is 3.34. The highest BCUT2D eigenvalue weighted by Crippen LogP contribution is 2.38. The van der Waals surface area contributed by atoms with E-state index in [9.17, 15) is 18.0 Å². The number of nitrogens with one attached hydrogen (secondary N) is 2. The maximum atomic E-state index is 13.9. The van der Waals surface area contributed by atoms with Crippen LogP contribution in [0.5, 0.6) is 0 Å². The van der Waals surface area contributed by atoms with Crippen molar-refractivity contribution >= 4 is 50.8 Å². The molecule has 40 heavy (non-hydrogen) atoms. The predicted octanol–water partition coefficient (Wildman–Crippen LogP) is 4.28. The fourth-order valence-corrected chi connectivity index (χ4v) is 6.72. The summed E-state index contributed by atoms with van der Waals surface area (Å²) < 4.78 is 29.1. The molecule has 0 unspecified atom stereocenters. The van der Waals surface area contributed by atoms with Gasteiger partial charge in [0.1, 0.15) is 6.04 Å². The lowest BCUT2D eigenvalue weighted by Crippen LogP contribution is -2.56. The lowest BCUT2D eigenvalue weighted by molar-refractivity contribution is -0.137. The SMILES string of the molecule is CCN(CC1=C(c2ccc(Cl)cc2)S(=O)(=O)NC1(C)C)C(=O)[C@@H](CCCc1ccccc1)NC(=O)C(C)(C)N.Cl. The first-order valence-electron chi connectivity index (χ1n) is 13.1. The second kappa shape index (κ2) is 13.5. The number of amides is 2. The standard InChI is InChI=1S/C29H39ClN4O4S.ClH/c1-6-34(19-23-25(21-15-17-22(30)18-16-21)39(37,38)33-29(23,4)5)26(35)24(32-27(36)28(2,3)31)14-10-13-20-11-8-7-9-12-20;/h7-9,11-12,15-18,24,33H,6,10,13-14,19,31H2,1-5H3,(H,32,36);1H/t24-;/m1./s1. The molecule has 1 atom stereocenters. The van der Waals surface area contributed by atoms with Gasteiger partial charge in [-0.15, -0.1) is 12.4 Å². The number of carbonyl (C=O) groups is 2. The molecule has 3 rings (SSSR count). The van der Waals surface area contributed by atoms with E-state index in [0.29, 0.717) is 35.5 Å². The number of hydrogen-bond donors (Lipinski definition) is 3. The molecule has 0 aromatic heterocycles. The van der Waals surface area contributed by atoms with E-state index < -0.39 is 33.1 Å². The summed E-state index contributed by atoms with van der Waals surface area (Å²) in [5.74, 6) is -0.714. The molecule has 1 aliphatic rings. The van der Waals surface area contributed by atoms with Crippen molar-refractivity contribution in [1.29, 1.82) is 0 Å². The third-order valence-electron chi connectivity index (χ3n) is 6.83. The molecule has 0 bridgehead atoms. The van der Waals surface area contributed by atoms with Gasteiger partial charge in [0.2, 0.25) is 21.8 Å². The van der Waals surface area contributed by atoms with Crippen LogP contribution in [0.2, 0.25) is 5.02 Å². The van der Waals surface area contributed by atoms with Crippen LogP contribution in [0.3, 0.4) is 0 Å². The summed E-state index contributed by atoms with van der Waals surface area (Å²) in [6.45, 7) is 8.96. The molecule has 1 heterocycles. The van der Waals surface area contributed by atoms with Crippen molar-refractivity contribution in [2.45, 2.75) is 71.0 Å². The number of carbonyl (C=O) groups excluding carboxylic acids is 2. The summed E-state index contributed by atoms with van der Waals surface area (Å²) in [4.78, 5) is 28.4. The predicted molar refractivity (Wildman–Crippen MR) is 164 cm³/mol. The number of rotatable bonds is 11. The number of hydrogen-bond acceptors (Lipinski definition) is 5. The van der Waals surface area contributed by atoms with Gasteiger partial charge in [-0.3, -0.25) is 9.59 Å². The van der Waals surface area contributed by atoms with Crippen LogP contribution in [0.15, 0.2) is 60.2 Å². The minimum atomic E-state index is -3.83. The second-order valence-corrected chi connectivity index (χ2v) is 13.1. The van der Waals surface area contributed by atoms with Crippen molar-refractivity contribution < 1.29 is 18.0 Å². The Morgan fingerprint density at radius 1 is 1.10 bits per heavy atom. The Kier molecular flexibility index (Phi) is 11.4. The Hall–Kier alpha value is -2.43. The zero-order valence-electron chi connectivity index (χ0n) is 23.7. The van der Waals surface area contributed by atoms with Gasteiger partial charge in [0.25, 0.3) is 0 Å². The summed E-state index contributed by atoms with van der Waals surface area (Å²) in [6, 6.07) is 15.7. The molecule has 0 saturated heterocycles. The van der Waals surface area contributed by atoms with Gasteiger partial charge >= 0.3 is 0 Å². The van der Waals surface area contributed by atoms with Crippen LogP contribution in [0, 0.1) is 0 Å². The Bertz CT molecular complexity index is 1320. The van der Waals surface area contributed by atoms with Crippen LogP contribution in [0.4, 0.5) is 0 Å². The van der Waals surface area contributed by atoms with E-state index in [4.69, 9.17) is 17.3 Å². The van der Waals surface area contributed by atoms with Gasteiger partial charge in [-0.1, -0.05) is 54.1 Å². The molecule has 2 aromatic rings. The zero-order chi connectivity index (χ0) is 29.0. The molecule has 0 saturated carbocycles. The number of benzene rings is 2. The molecule has 4 N–H and O–H groups in total. The van der Waals surface area contributed by atoms with Crippen LogP contribution in [-0.4, -0.2) is 55.3 Å². The van der Waals surface area contributed by atoms with Gasteiger partial charge in [0, 0.05) is 18.1 Å². The first-order valence-corrected chi connectivity index (χ1v) is 15.0. The van der Waals surface area contributed by atoms with Gasteiger partial charge < -0.3 is 16.0 Å². The summed E-state index contributed by atoms with van der Waals surface area (Å²) in [6.07, 6.45) is 1.83. The highest BCUT2D eigenvalue weighted by Gasteiger charge is 2.44. The summed E-state index contributed by atoms with van der Waals surface area (Å²) in [5.41, 5.74) is 6.13. The zero-order valence-corrected chi connectivity index (χ0v) is 26.0. The fourth-order valence-electron chi connectivity index (χ4n) is 4.61.